The maximum absolute atomic E-state index is 13.7. The second-order valence-corrected chi connectivity index (χ2v) is 11.4. The van der Waals surface area contributed by atoms with E-state index in [0.717, 1.165) is 25.7 Å². The molecule has 0 unspecified atom stereocenters. The van der Waals surface area contributed by atoms with Crippen LogP contribution in [0.2, 0.25) is 0 Å². The minimum atomic E-state index is -0.787. The molecule has 2 fully saturated rings. The summed E-state index contributed by atoms with van der Waals surface area (Å²) < 4.78 is 5.64. The van der Waals surface area contributed by atoms with Crippen molar-refractivity contribution in [2.45, 2.75) is 88.8 Å². The molecular weight excluding hydrogens is 474 g/mol. The Hall–Kier alpha value is -2.70. The van der Waals surface area contributed by atoms with Crippen LogP contribution in [0.15, 0.2) is 60.7 Å². The first kappa shape index (κ1) is 28.3. The van der Waals surface area contributed by atoms with Gasteiger partial charge in [0.1, 0.15) is 5.54 Å². The molecule has 1 aliphatic heterocycles. The number of amides is 2. The van der Waals surface area contributed by atoms with E-state index in [1.165, 1.54) is 17.5 Å². The second-order valence-electron chi connectivity index (χ2n) is 11.4. The van der Waals surface area contributed by atoms with E-state index in [1.54, 1.807) is 0 Å². The Kier molecular flexibility index (Phi) is 10.4. The molecule has 0 aromatic heterocycles. The highest BCUT2D eigenvalue weighted by atomic mass is 16.5. The Morgan fingerprint density at radius 3 is 2.03 bits per heavy atom. The lowest BCUT2D eigenvalue weighted by Gasteiger charge is -2.41. The minimum Gasteiger partial charge on any atom is -0.381 e. The molecule has 6 heteroatoms. The largest absolute Gasteiger partial charge is 0.381 e. The second kappa shape index (κ2) is 13.9. The van der Waals surface area contributed by atoms with Gasteiger partial charge in [-0.15, -0.1) is 0 Å². The summed E-state index contributed by atoms with van der Waals surface area (Å²) in [7, 11) is 0. The molecule has 1 saturated carbocycles. The van der Waals surface area contributed by atoms with Gasteiger partial charge in [0.25, 0.3) is 0 Å². The SMILES string of the molecule is CC(C)C[C@H](NC1(C(=O)NC2CCCCC2)CCOCC1)C(=O)NCC(c1ccccc1)c1ccccc1. The topological polar surface area (TPSA) is 79.5 Å². The molecule has 3 N–H and O–H groups in total. The molecule has 2 aliphatic rings. The van der Waals surface area contributed by atoms with Gasteiger partial charge in [-0.3, -0.25) is 14.9 Å². The summed E-state index contributed by atoms with van der Waals surface area (Å²) >= 11 is 0. The van der Waals surface area contributed by atoms with E-state index >= 15 is 0 Å². The van der Waals surface area contributed by atoms with Gasteiger partial charge < -0.3 is 15.4 Å². The normalized spacial score (nSPS) is 18.7. The Labute approximate surface area is 228 Å². The molecule has 0 bridgehead atoms. The molecule has 1 saturated heterocycles. The van der Waals surface area contributed by atoms with Crippen LogP contribution >= 0.6 is 0 Å². The number of rotatable bonds is 11. The van der Waals surface area contributed by atoms with Crippen molar-refractivity contribution in [3.8, 4) is 0 Å². The summed E-state index contributed by atoms with van der Waals surface area (Å²) in [4.78, 5) is 27.4. The molecule has 2 amide bonds. The van der Waals surface area contributed by atoms with E-state index in [9.17, 15) is 9.59 Å². The van der Waals surface area contributed by atoms with E-state index in [4.69, 9.17) is 4.74 Å². The minimum absolute atomic E-state index is 0.0284. The summed E-state index contributed by atoms with van der Waals surface area (Å²) in [6.07, 6.45) is 7.45. The Morgan fingerprint density at radius 1 is 0.895 bits per heavy atom. The molecule has 1 aliphatic carbocycles. The average Bonchev–Trinajstić information content (AvgIpc) is 2.94. The fourth-order valence-corrected chi connectivity index (χ4v) is 5.89. The predicted molar refractivity (Wildman–Crippen MR) is 152 cm³/mol. The molecule has 0 spiro atoms. The zero-order chi connectivity index (χ0) is 26.8. The molecule has 38 heavy (non-hydrogen) atoms. The summed E-state index contributed by atoms with van der Waals surface area (Å²) in [5.74, 6) is 0.330. The van der Waals surface area contributed by atoms with Crippen LogP contribution in [0.3, 0.4) is 0 Å². The van der Waals surface area contributed by atoms with Crippen molar-refractivity contribution in [1.29, 1.82) is 0 Å². The van der Waals surface area contributed by atoms with E-state index in [-0.39, 0.29) is 23.8 Å². The quantitative estimate of drug-likeness (QED) is 0.393. The van der Waals surface area contributed by atoms with Gasteiger partial charge >= 0.3 is 0 Å². The first-order valence-corrected chi connectivity index (χ1v) is 14.5. The van der Waals surface area contributed by atoms with Crippen LogP contribution in [0, 0.1) is 5.92 Å². The monoisotopic (exact) mass is 519 g/mol. The lowest BCUT2D eigenvalue weighted by molar-refractivity contribution is -0.135. The fraction of sp³-hybridized carbons (Fsp3) is 0.562. The van der Waals surface area contributed by atoms with Crippen molar-refractivity contribution in [2.24, 2.45) is 5.92 Å². The van der Waals surface area contributed by atoms with Crippen LogP contribution in [0.5, 0.6) is 0 Å². The first-order valence-electron chi connectivity index (χ1n) is 14.5. The highest BCUT2D eigenvalue weighted by molar-refractivity contribution is 5.89. The fourth-order valence-electron chi connectivity index (χ4n) is 5.89. The summed E-state index contributed by atoms with van der Waals surface area (Å²) in [6.45, 7) is 5.78. The molecule has 4 rings (SSSR count). The van der Waals surface area contributed by atoms with Gasteiger partial charge in [-0.1, -0.05) is 93.8 Å². The van der Waals surface area contributed by atoms with Crippen molar-refractivity contribution in [1.82, 2.24) is 16.0 Å². The molecule has 0 radical (unpaired) electrons. The molecule has 1 atom stereocenters. The Balaban J connectivity index is 1.49. The van der Waals surface area contributed by atoms with Crippen LogP contribution in [-0.4, -0.2) is 49.2 Å². The molecule has 206 valence electrons. The van der Waals surface area contributed by atoms with Gasteiger partial charge in [0.15, 0.2) is 0 Å². The van der Waals surface area contributed by atoms with Crippen molar-refractivity contribution >= 4 is 11.8 Å². The first-order chi connectivity index (χ1) is 18.5. The predicted octanol–water partition coefficient (Wildman–Crippen LogP) is 4.94. The lowest BCUT2D eigenvalue weighted by atomic mass is 9.85. The number of ether oxygens (including phenoxy) is 1. The van der Waals surface area contributed by atoms with E-state index in [0.29, 0.717) is 44.9 Å². The van der Waals surface area contributed by atoms with Crippen molar-refractivity contribution < 1.29 is 14.3 Å². The van der Waals surface area contributed by atoms with Crippen LogP contribution in [0.1, 0.15) is 82.3 Å². The van der Waals surface area contributed by atoms with Gasteiger partial charge in [0.05, 0.1) is 6.04 Å². The van der Waals surface area contributed by atoms with Gasteiger partial charge in [-0.2, -0.15) is 0 Å². The van der Waals surface area contributed by atoms with Gasteiger partial charge in [-0.05, 0) is 49.1 Å². The number of carbonyl (C=O) groups is 2. The van der Waals surface area contributed by atoms with E-state index < -0.39 is 11.6 Å². The molecule has 1 heterocycles. The van der Waals surface area contributed by atoms with Crippen LogP contribution in [0.25, 0.3) is 0 Å². The number of nitrogens with one attached hydrogen (secondary N) is 3. The van der Waals surface area contributed by atoms with Crippen LogP contribution in [-0.2, 0) is 14.3 Å². The van der Waals surface area contributed by atoms with Crippen molar-refractivity contribution in [3.63, 3.8) is 0 Å². The maximum atomic E-state index is 13.7. The van der Waals surface area contributed by atoms with E-state index in [1.807, 2.05) is 36.4 Å². The summed E-state index contributed by atoms with van der Waals surface area (Å²) in [5.41, 5.74) is 1.55. The Bertz CT molecular complexity index is 960. The zero-order valence-corrected chi connectivity index (χ0v) is 23.1. The van der Waals surface area contributed by atoms with Crippen LogP contribution < -0.4 is 16.0 Å². The smallest absolute Gasteiger partial charge is 0.240 e. The third-order valence-electron chi connectivity index (χ3n) is 8.08. The lowest BCUT2D eigenvalue weighted by Crippen LogP contribution is -2.65. The highest BCUT2D eigenvalue weighted by Crippen LogP contribution is 2.27. The average molecular weight is 520 g/mol. The third-order valence-corrected chi connectivity index (χ3v) is 8.08. The number of benzene rings is 2. The van der Waals surface area contributed by atoms with Gasteiger partial charge in [-0.25, -0.2) is 0 Å². The standard InChI is InChI=1S/C32H45N3O3/c1-24(2)22-29(35-32(18-20-38-21-19-32)31(37)34-27-16-10-5-11-17-27)30(36)33-23-28(25-12-6-3-7-13-25)26-14-8-4-9-15-26/h3-4,6-9,12-15,24,27-29,35H,5,10-11,16-23H2,1-2H3,(H,33,36)(H,34,37)/t29-/m0/s1. The van der Waals surface area contributed by atoms with Gasteiger partial charge in [0.2, 0.25) is 11.8 Å². The number of hydrogen-bond donors (Lipinski definition) is 3. The molecular formula is C32H45N3O3. The molecule has 2 aromatic carbocycles. The van der Waals surface area contributed by atoms with Crippen LogP contribution in [0.4, 0.5) is 0 Å². The van der Waals surface area contributed by atoms with Gasteiger partial charge in [0, 0.05) is 31.7 Å². The molecule has 6 nitrogen and oxygen atoms in total. The summed E-state index contributed by atoms with van der Waals surface area (Å²) in [6, 6.07) is 20.4. The highest BCUT2D eigenvalue weighted by Gasteiger charge is 2.43. The van der Waals surface area contributed by atoms with E-state index in [2.05, 4.69) is 54.1 Å². The third kappa shape index (κ3) is 7.67. The maximum Gasteiger partial charge on any atom is 0.240 e. The molecule has 2 aromatic rings. The summed E-state index contributed by atoms with van der Waals surface area (Å²) in [5, 5.41) is 10.2. The van der Waals surface area contributed by atoms with Crippen molar-refractivity contribution in [2.75, 3.05) is 19.8 Å². The number of carbonyl (C=O) groups excluding carboxylic acids is 2. The zero-order valence-electron chi connectivity index (χ0n) is 23.1. The number of hydrogen-bond acceptors (Lipinski definition) is 4. The Morgan fingerprint density at radius 2 is 1.47 bits per heavy atom. The van der Waals surface area contributed by atoms with Crippen molar-refractivity contribution in [3.05, 3.63) is 71.8 Å².